The number of amides is 1. The average molecular weight is 401 g/mol. The monoisotopic (exact) mass is 400 g/mol. The van der Waals surface area contributed by atoms with E-state index in [0.717, 1.165) is 12.8 Å². The van der Waals surface area contributed by atoms with Crippen LogP contribution in [-0.2, 0) is 0 Å². The first-order valence-electron chi connectivity index (χ1n) is 8.67. The molecule has 0 bridgehead atoms. The zero-order valence-corrected chi connectivity index (χ0v) is 15.6. The van der Waals surface area contributed by atoms with Gasteiger partial charge in [-0.05, 0) is 30.9 Å². The lowest BCUT2D eigenvalue weighted by atomic mass is 9.96. The van der Waals surface area contributed by atoms with Gasteiger partial charge in [-0.1, -0.05) is 11.6 Å². The average Bonchev–Trinajstić information content (AvgIpc) is 2.72. The summed E-state index contributed by atoms with van der Waals surface area (Å²) in [7, 11) is 0. The zero-order chi connectivity index (χ0) is 20.1. The molecule has 1 aromatic heterocycles. The quantitative estimate of drug-likeness (QED) is 0.603. The van der Waals surface area contributed by atoms with Gasteiger partial charge < -0.3 is 10.2 Å². The number of halogens is 1. The van der Waals surface area contributed by atoms with E-state index in [-0.39, 0.29) is 28.1 Å². The van der Waals surface area contributed by atoms with Crippen LogP contribution in [0.2, 0.25) is 5.02 Å². The van der Waals surface area contributed by atoms with E-state index in [9.17, 15) is 14.9 Å². The highest BCUT2D eigenvalue weighted by Gasteiger charge is 2.23. The first kappa shape index (κ1) is 19.5. The van der Waals surface area contributed by atoms with Gasteiger partial charge in [-0.3, -0.25) is 14.9 Å². The van der Waals surface area contributed by atoms with Crippen LogP contribution in [0.3, 0.4) is 0 Å². The van der Waals surface area contributed by atoms with Crippen molar-refractivity contribution in [1.82, 2.24) is 15.3 Å². The van der Waals surface area contributed by atoms with E-state index in [0.29, 0.717) is 31.1 Å². The number of nitro groups is 1. The summed E-state index contributed by atoms with van der Waals surface area (Å²) in [5.74, 6) is 0.480. The number of nitriles is 1. The molecule has 1 saturated heterocycles. The van der Waals surface area contributed by atoms with Crippen LogP contribution in [0.4, 0.5) is 11.5 Å². The summed E-state index contributed by atoms with van der Waals surface area (Å²) in [5.41, 5.74) is 0.213. The predicted molar refractivity (Wildman–Crippen MR) is 102 cm³/mol. The molecule has 9 nitrogen and oxygen atoms in total. The second kappa shape index (κ2) is 8.63. The maximum atomic E-state index is 12.3. The molecule has 2 aromatic rings. The number of carbonyl (C=O) groups is 1. The number of rotatable bonds is 5. The van der Waals surface area contributed by atoms with Crippen molar-refractivity contribution in [3.63, 3.8) is 0 Å². The number of nitrogens with zero attached hydrogens (tertiary/aromatic N) is 5. The summed E-state index contributed by atoms with van der Waals surface area (Å²) >= 11 is 5.77. The van der Waals surface area contributed by atoms with Gasteiger partial charge in [0.15, 0.2) is 11.5 Å². The minimum Gasteiger partial charge on any atom is -0.354 e. The molecule has 10 heteroatoms. The molecule has 28 heavy (non-hydrogen) atoms. The zero-order valence-electron chi connectivity index (χ0n) is 14.8. The van der Waals surface area contributed by atoms with Crippen molar-refractivity contribution in [2.75, 3.05) is 24.5 Å². The SMILES string of the molecule is N#Cc1nccnc1N1CCC(CNC(=O)c2ccc(Cl)c([N+](=O)[O-])c2)CC1. The fourth-order valence-electron chi connectivity index (χ4n) is 3.12. The molecule has 1 aliphatic rings. The molecule has 1 amide bonds. The van der Waals surface area contributed by atoms with Crippen LogP contribution < -0.4 is 10.2 Å². The van der Waals surface area contributed by atoms with Crippen molar-refractivity contribution in [1.29, 1.82) is 5.26 Å². The van der Waals surface area contributed by atoms with Gasteiger partial charge in [-0.25, -0.2) is 9.97 Å². The van der Waals surface area contributed by atoms with E-state index in [2.05, 4.69) is 15.3 Å². The first-order valence-corrected chi connectivity index (χ1v) is 9.05. The maximum Gasteiger partial charge on any atom is 0.288 e. The van der Waals surface area contributed by atoms with Crippen molar-refractivity contribution < 1.29 is 9.72 Å². The highest BCUT2D eigenvalue weighted by molar-refractivity contribution is 6.32. The largest absolute Gasteiger partial charge is 0.354 e. The van der Waals surface area contributed by atoms with E-state index in [1.807, 2.05) is 11.0 Å². The number of aromatic nitrogens is 2. The van der Waals surface area contributed by atoms with E-state index in [1.54, 1.807) is 6.20 Å². The van der Waals surface area contributed by atoms with Gasteiger partial charge in [0.25, 0.3) is 11.6 Å². The van der Waals surface area contributed by atoms with E-state index in [1.165, 1.54) is 24.4 Å². The number of benzene rings is 1. The molecule has 1 N–H and O–H groups in total. The molecule has 3 rings (SSSR count). The Morgan fingerprint density at radius 3 is 2.75 bits per heavy atom. The molecule has 0 aliphatic carbocycles. The Bertz CT molecular complexity index is 937. The van der Waals surface area contributed by atoms with Crippen LogP contribution in [0.5, 0.6) is 0 Å². The Morgan fingerprint density at radius 2 is 2.07 bits per heavy atom. The molecule has 0 spiro atoms. The van der Waals surface area contributed by atoms with Gasteiger partial charge in [0, 0.05) is 43.7 Å². The number of piperidine rings is 1. The van der Waals surface area contributed by atoms with Crippen molar-refractivity contribution in [2.24, 2.45) is 5.92 Å². The van der Waals surface area contributed by atoms with E-state index in [4.69, 9.17) is 16.9 Å². The van der Waals surface area contributed by atoms with Crippen molar-refractivity contribution in [3.05, 3.63) is 57.0 Å². The number of nitro benzene ring substituents is 1. The number of hydrogen-bond acceptors (Lipinski definition) is 7. The van der Waals surface area contributed by atoms with Crippen LogP contribution in [0, 0.1) is 27.4 Å². The van der Waals surface area contributed by atoms with Crippen molar-refractivity contribution in [2.45, 2.75) is 12.8 Å². The van der Waals surface area contributed by atoms with E-state index < -0.39 is 4.92 Å². The molecule has 1 aliphatic heterocycles. The molecule has 2 heterocycles. The lowest BCUT2D eigenvalue weighted by Crippen LogP contribution is -2.39. The summed E-state index contributed by atoms with van der Waals surface area (Å²) in [6.45, 7) is 1.88. The summed E-state index contributed by atoms with van der Waals surface area (Å²) in [5, 5.41) is 22.9. The summed E-state index contributed by atoms with van der Waals surface area (Å²) in [4.78, 5) is 32.9. The van der Waals surface area contributed by atoms with Gasteiger partial charge in [0.2, 0.25) is 0 Å². The Kier molecular flexibility index (Phi) is 6.01. The summed E-state index contributed by atoms with van der Waals surface area (Å²) < 4.78 is 0. The van der Waals surface area contributed by atoms with Crippen LogP contribution >= 0.6 is 11.6 Å². The maximum absolute atomic E-state index is 12.3. The molecule has 144 valence electrons. The van der Waals surface area contributed by atoms with Gasteiger partial charge in [0.05, 0.1) is 4.92 Å². The van der Waals surface area contributed by atoms with Crippen molar-refractivity contribution >= 4 is 29.0 Å². The molecule has 1 fully saturated rings. The third-order valence-electron chi connectivity index (χ3n) is 4.66. The predicted octanol–water partition coefficient (Wildman–Crippen LogP) is 2.56. The molecule has 0 atom stereocenters. The molecule has 0 unspecified atom stereocenters. The number of carbonyl (C=O) groups excluding carboxylic acids is 1. The highest BCUT2D eigenvalue weighted by Crippen LogP contribution is 2.25. The number of hydrogen-bond donors (Lipinski definition) is 1. The van der Waals surface area contributed by atoms with Crippen LogP contribution in [-0.4, -0.2) is 40.4 Å². The first-order chi connectivity index (χ1) is 13.5. The fraction of sp³-hybridized carbons (Fsp3) is 0.333. The second-order valence-electron chi connectivity index (χ2n) is 6.40. The Labute approximate surface area is 166 Å². The van der Waals surface area contributed by atoms with E-state index >= 15 is 0 Å². The third-order valence-corrected chi connectivity index (χ3v) is 4.97. The lowest BCUT2D eigenvalue weighted by Gasteiger charge is -2.32. The number of anilines is 1. The third kappa shape index (κ3) is 4.35. The van der Waals surface area contributed by atoms with Crippen molar-refractivity contribution in [3.8, 4) is 6.07 Å². The van der Waals surface area contributed by atoms with Crippen LogP contribution in [0.1, 0.15) is 28.9 Å². The Morgan fingerprint density at radius 1 is 1.36 bits per heavy atom. The summed E-state index contributed by atoms with van der Waals surface area (Å²) in [6, 6.07) is 6.04. The summed E-state index contributed by atoms with van der Waals surface area (Å²) in [6.07, 6.45) is 4.70. The topological polar surface area (TPSA) is 125 Å². The molecule has 1 aromatic carbocycles. The molecular weight excluding hydrogens is 384 g/mol. The standard InChI is InChI=1S/C18H17ClN6O3/c19-14-2-1-13(9-16(14)25(27)28)18(26)23-11-12-3-7-24(8-4-12)17-15(10-20)21-5-6-22-17/h1-2,5-6,9,12H,3-4,7-8,11H2,(H,23,26). The van der Waals surface area contributed by atoms with Crippen LogP contribution in [0.15, 0.2) is 30.6 Å². The minimum absolute atomic E-state index is 0.00493. The Balaban J connectivity index is 1.54. The van der Waals surface area contributed by atoms with Crippen LogP contribution in [0.25, 0.3) is 0 Å². The molecule has 0 radical (unpaired) electrons. The Hall–Kier alpha value is -3.25. The molecule has 0 saturated carbocycles. The molecular formula is C18H17ClN6O3. The normalized spacial score (nSPS) is 14.4. The number of nitrogens with one attached hydrogen (secondary N) is 1. The minimum atomic E-state index is -0.614. The van der Waals surface area contributed by atoms with Gasteiger partial charge >= 0.3 is 0 Å². The van der Waals surface area contributed by atoms with Gasteiger partial charge in [-0.2, -0.15) is 5.26 Å². The van der Waals surface area contributed by atoms with Gasteiger partial charge in [0.1, 0.15) is 11.1 Å². The second-order valence-corrected chi connectivity index (χ2v) is 6.81. The smallest absolute Gasteiger partial charge is 0.288 e. The van der Waals surface area contributed by atoms with Gasteiger partial charge in [-0.15, -0.1) is 0 Å². The fourth-order valence-corrected chi connectivity index (χ4v) is 3.31. The lowest BCUT2D eigenvalue weighted by molar-refractivity contribution is -0.384. The highest BCUT2D eigenvalue weighted by atomic mass is 35.5.